The lowest BCUT2D eigenvalue weighted by Gasteiger charge is -2.10. The molecular formula is C11H16N4O2S. The van der Waals surface area contributed by atoms with Crippen molar-refractivity contribution in [3.8, 4) is 0 Å². The quantitative estimate of drug-likeness (QED) is 0.864. The minimum Gasteiger partial charge on any atom is -0.369 e. The number of nitrogens with zero attached hydrogens (tertiary/aromatic N) is 3. The molecule has 0 bridgehead atoms. The van der Waals surface area contributed by atoms with Gasteiger partial charge in [0.05, 0.1) is 5.92 Å². The molecule has 6 nitrogen and oxygen atoms in total. The summed E-state index contributed by atoms with van der Waals surface area (Å²) in [6, 6.07) is 0. The molecule has 1 aromatic heterocycles. The molecule has 7 heteroatoms. The molecule has 0 radical (unpaired) electrons. The second kappa shape index (κ2) is 5.01. The van der Waals surface area contributed by atoms with Crippen LogP contribution in [0.4, 0.5) is 5.13 Å². The fourth-order valence-electron chi connectivity index (χ4n) is 1.87. The molecule has 1 aliphatic rings. The molecule has 1 aliphatic heterocycles. The van der Waals surface area contributed by atoms with Gasteiger partial charge < -0.3 is 5.73 Å². The smallest absolute Gasteiger partial charge is 0.229 e. The van der Waals surface area contributed by atoms with Crippen LogP contribution in [-0.2, 0) is 16.0 Å². The molecule has 2 N–H and O–H groups in total. The van der Waals surface area contributed by atoms with Gasteiger partial charge in [-0.2, -0.15) is 0 Å². The molecule has 98 valence electrons. The SMILES string of the molecule is CC(C)Cc1nnc(N2CC(C(N)=O)CC2=O)s1. The Labute approximate surface area is 109 Å². The number of aromatic nitrogens is 2. The summed E-state index contributed by atoms with van der Waals surface area (Å²) < 4.78 is 0. The minimum atomic E-state index is -0.433. The minimum absolute atomic E-state index is 0.106. The maximum absolute atomic E-state index is 11.8. The van der Waals surface area contributed by atoms with Crippen LogP contribution >= 0.6 is 11.3 Å². The topological polar surface area (TPSA) is 89.2 Å². The highest BCUT2D eigenvalue weighted by atomic mass is 32.1. The number of nitrogens with two attached hydrogens (primary N) is 1. The van der Waals surface area contributed by atoms with Gasteiger partial charge in [0, 0.05) is 19.4 Å². The highest BCUT2D eigenvalue weighted by Gasteiger charge is 2.35. The first-order chi connectivity index (χ1) is 8.47. The second-order valence-corrected chi connectivity index (χ2v) is 5.92. The van der Waals surface area contributed by atoms with E-state index in [1.807, 2.05) is 0 Å². The van der Waals surface area contributed by atoms with E-state index in [4.69, 9.17) is 5.73 Å². The zero-order valence-electron chi connectivity index (χ0n) is 10.4. The molecule has 2 heterocycles. The second-order valence-electron chi connectivity index (χ2n) is 4.88. The highest BCUT2D eigenvalue weighted by Crippen LogP contribution is 2.28. The Morgan fingerprint density at radius 1 is 1.56 bits per heavy atom. The van der Waals surface area contributed by atoms with E-state index >= 15 is 0 Å². The number of amides is 2. The first-order valence-electron chi connectivity index (χ1n) is 5.89. The van der Waals surface area contributed by atoms with E-state index in [1.165, 1.54) is 16.2 Å². The number of hydrogen-bond acceptors (Lipinski definition) is 5. The van der Waals surface area contributed by atoms with Gasteiger partial charge in [0.25, 0.3) is 0 Å². The zero-order valence-corrected chi connectivity index (χ0v) is 11.2. The number of anilines is 1. The van der Waals surface area contributed by atoms with Gasteiger partial charge in [-0.25, -0.2) is 0 Å². The van der Waals surface area contributed by atoms with Crippen LogP contribution < -0.4 is 10.6 Å². The summed E-state index contributed by atoms with van der Waals surface area (Å²) >= 11 is 1.41. The van der Waals surface area contributed by atoms with Gasteiger partial charge in [0.1, 0.15) is 5.01 Å². The van der Waals surface area contributed by atoms with Crippen LogP contribution in [0.5, 0.6) is 0 Å². The number of carbonyl (C=O) groups excluding carboxylic acids is 2. The monoisotopic (exact) mass is 268 g/mol. The third-order valence-corrected chi connectivity index (χ3v) is 3.77. The van der Waals surface area contributed by atoms with Gasteiger partial charge in [0.15, 0.2) is 0 Å². The van der Waals surface area contributed by atoms with Gasteiger partial charge in [-0.3, -0.25) is 14.5 Å². The number of primary amides is 1. The van der Waals surface area contributed by atoms with E-state index in [1.54, 1.807) is 0 Å². The fraction of sp³-hybridized carbons (Fsp3) is 0.636. The largest absolute Gasteiger partial charge is 0.369 e. The van der Waals surface area contributed by atoms with Crippen LogP contribution in [0.2, 0.25) is 0 Å². The van der Waals surface area contributed by atoms with E-state index in [-0.39, 0.29) is 12.3 Å². The number of hydrogen-bond donors (Lipinski definition) is 1. The lowest BCUT2D eigenvalue weighted by molar-refractivity contribution is -0.123. The molecule has 1 unspecified atom stereocenters. The Bertz CT molecular complexity index is 471. The van der Waals surface area contributed by atoms with Gasteiger partial charge >= 0.3 is 0 Å². The Morgan fingerprint density at radius 2 is 2.28 bits per heavy atom. The van der Waals surface area contributed by atoms with Crippen LogP contribution in [0.25, 0.3) is 0 Å². The van der Waals surface area contributed by atoms with Crippen molar-refractivity contribution in [2.24, 2.45) is 17.6 Å². The van der Waals surface area contributed by atoms with Crippen molar-refractivity contribution in [1.29, 1.82) is 0 Å². The summed E-state index contributed by atoms with van der Waals surface area (Å²) in [6.45, 7) is 4.53. The van der Waals surface area contributed by atoms with Crippen LogP contribution in [-0.4, -0.2) is 28.6 Å². The van der Waals surface area contributed by atoms with E-state index in [0.29, 0.717) is 17.6 Å². The first-order valence-corrected chi connectivity index (χ1v) is 6.71. The average molecular weight is 268 g/mol. The summed E-state index contributed by atoms with van der Waals surface area (Å²) in [5.41, 5.74) is 5.22. The summed E-state index contributed by atoms with van der Waals surface area (Å²) in [5, 5.41) is 9.56. The van der Waals surface area contributed by atoms with Crippen LogP contribution in [0, 0.1) is 11.8 Å². The Morgan fingerprint density at radius 3 is 2.83 bits per heavy atom. The molecule has 1 aromatic rings. The predicted molar refractivity (Wildman–Crippen MR) is 68.1 cm³/mol. The van der Waals surface area contributed by atoms with E-state index in [9.17, 15) is 9.59 Å². The maximum Gasteiger partial charge on any atom is 0.229 e. The summed E-state index contributed by atoms with van der Waals surface area (Å²) in [7, 11) is 0. The molecule has 0 aliphatic carbocycles. The normalized spacial score (nSPS) is 19.8. The summed E-state index contributed by atoms with van der Waals surface area (Å²) in [5.74, 6) is -0.447. The van der Waals surface area contributed by atoms with Crippen molar-refractivity contribution in [1.82, 2.24) is 10.2 Å². The lowest BCUT2D eigenvalue weighted by Crippen LogP contribution is -2.28. The van der Waals surface area contributed by atoms with Crippen molar-refractivity contribution in [2.45, 2.75) is 26.7 Å². The Kier molecular flexibility index (Phi) is 3.60. The van der Waals surface area contributed by atoms with Gasteiger partial charge in [-0.15, -0.1) is 10.2 Å². The summed E-state index contributed by atoms with van der Waals surface area (Å²) in [6.07, 6.45) is 1.02. The van der Waals surface area contributed by atoms with Crippen molar-refractivity contribution >= 4 is 28.3 Å². The lowest BCUT2D eigenvalue weighted by atomic mass is 10.1. The summed E-state index contributed by atoms with van der Waals surface area (Å²) in [4.78, 5) is 24.4. The highest BCUT2D eigenvalue weighted by molar-refractivity contribution is 7.15. The molecule has 0 spiro atoms. The molecule has 0 aromatic carbocycles. The van der Waals surface area contributed by atoms with Crippen molar-refractivity contribution in [2.75, 3.05) is 11.4 Å². The van der Waals surface area contributed by atoms with E-state index < -0.39 is 11.8 Å². The molecular weight excluding hydrogens is 252 g/mol. The van der Waals surface area contributed by atoms with Crippen LogP contribution in [0.1, 0.15) is 25.3 Å². The van der Waals surface area contributed by atoms with Crippen molar-refractivity contribution < 1.29 is 9.59 Å². The molecule has 0 saturated carbocycles. The molecule has 1 fully saturated rings. The van der Waals surface area contributed by atoms with Gasteiger partial charge in [-0.1, -0.05) is 25.2 Å². The molecule has 18 heavy (non-hydrogen) atoms. The van der Waals surface area contributed by atoms with Crippen LogP contribution in [0.3, 0.4) is 0 Å². The maximum atomic E-state index is 11.8. The molecule has 1 atom stereocenters. The van der Waals surface area contributed by atoms with Crippen LogP contribution in [0.15, 0.2) is 0 Å². The third-order valence-electron chi connectivity index (χ3n) is 2.80. The molecule has 2 rings (SSSR count). The fourth-order valence-corrected chi connectivity index (χ4v) is 2.95. The van der Waals surface area contributed by atoms with Gasteiger partial charge in [0.2, 0.25) is 16.9 Å². The standard InChI is InChI=1S/C11H16N4O2S/c1-6(2)3-8-13-14-11(18-8)15-5-7(10(12)17)4-9(15)16/h6-7H,3-5H2,1-2H3,(H2,12,17). The van der Waals surface area contributed by atoms with E-state index in [2.05, 4.69) is 24.0 Å². The first kappa shape index (κ1) is 12.9. The Hall–Kier alpha value is -1.50. The van der Waals surface area contributed by atoms with E-state index in [0.717, 1.165) is 11.4 Å². The zero-order chi connectivity index (χ0) is 13.3. The Balaban J connectivity index is 2.10. The van der Waals surface area contributed by atoms with Crippen molar-refractivity contribution in [3.05, 3.63) is 5.01 Å². The third kappa shape index (κ3) is 2.66. The molecule has 2 amide bonds. The molecule has 1 saturated heterocycles. The predicted octanol–water partition coefficient (Wildman–Crippen LogP) is 0.575. The van der Waals surface area contributed by atoms with Gasteiger partial charge in [-0.05, 0) is 5.92 Å². The number of carbonyl (C=O) groups is 2. The average Bonchev–Trinajstić information content (AvgIpc) is 2.83. The van der Waals surface area contributed by atoms with Crippen molar-refractivity contribution in [3.63, 3.8) is 0 Å². The number of rotatable bonds is 4.